The molecule has 0 spiro atoms. The van der Waals surface area contributed by atoms with Crippen LogP contribution in [0.3, 0.4) is 0 Å². The van der Waals surface area contributed by atoms with Crippen LogP contribution in [-0.4, -0.2) is 19.3 Å². The average Bonchev–Trinajstić information content (AvgIpc) is 2.83. The van der Waals surface area contributed by atoms with Gasteiger partial charge in [0.05, 0.1) is 3.79 Å². The second kappa shape index (κ2) is 6.26. The minimum atomic E-state index is -3.46. The quantitative estimate of drug-likeness (QED) is 0.816. The zero-order chi connectivity index (χ0) is 14.8. The van der Waals surface area contributed by atoms with Gasteiger partial charge in [-0.2, -0.15) is 4.31 Å². The number of anilines is 1. The van der Waals surface area contributed by atoms with Crippen molar-refractivity contribution in [2.45, 2.75) is 17.7 Å². The van der Waals surface area contributed by atoms with Crippen molar-refractivity contribution < 1.29 is 8.42 Å². The van der Waals surface area contributed by atoms with Crippen molar-refractivity contribution >= 4 is 43.0 Å². The number of hydrogen-bond acceptors (Lipinski definition) is 4. The molecule has 7 heteroatoms. The maximum atomic E-state index is 12.6. The molecule has 0 atom stereocenters. The number of nitrogen functional groups attached to an aromatic ring is 1. The third-order valence-electron chi connectivity index (χ3n) is 2.81. The molecule has 0 aliphatic carbocycles. The first-order chi connectivity index (χ1) is 9.43. The normalized spacial score (nSPS) is 11.9. The number of thiophene rings is 1. The summed E-state index contributed by atoms with van der Waals surface area (Å²) >= 11 is 4.51. The highest BCUT2D eigenvalue weighted by atomic mass is 79.9. The summed E-state index contributed by atoms with van der Waals surface area (Å²) in [7, 11) is -3.46. The number of nitrogens with two attached hydrogens (primary N) is 1. The van der Waals surface area contributed by atoms with Crippen molar-refractivity contribution in [2.24, 2.45) is 0 Å². The van der Waals surface area contributed by atoms with Crippen LogP contribution in [0.2, 0.25) is 0 Å². The molecule has 0 amide bonds. The minimum Gasteiger partial charge on any atom is -0.399 e. The number of benzene rings is 1. The van der Waals surface area contributed by atoms with Crippen molar-refractivity contribution in [3.05, 3.63) is 45.7 Å². The largest absolute Gasteiger partial charge is 0.399 e. The van der Waals surface area contributed by atoms with E-state index in [1.54, 1.807) is 24.3 Å². The van der Waals surface area contributed by atoms with Gasteiger partial charge in [0.25, 0.3) is 10.0 Å². The highest BCUT2D eigenvalue weighted by Gasteiger charge is 2.24. The van der Waals surface area contributed by atoms with Crippen molar-refractivity contribution in [1.82, 2.24) is 4.31 Å². The molecule has 0 saturated heterocycles. The molecule has 4 nitrogen and oxygen atoms in total. The van der Waals surface area contributed by atoms with E-state index in [4.69, 9.17) is 5.73 Å². The molecule has 0 saturated carbocycles. The Kier molecular flexibility index (Phi) is 4.85. The molecular weight excluding hydrogens is 360 g/mol. The van der Waals surface area contributed by atoms with E-state index in [2.05, 4.69) is 15.9 Å². The van der Waals surface area contributed by atoms with E-state index in [1.165, 1.54) is 15.6 Å². The van der Waals surface area contributed by atoms with E-state index in [9.17, 15) is 8.42 Å². The second-order valence-corrected chi connectivity index (χ2v) is 8.86. The monoisotopic (exact) mass is 374 g/mol. The molecule has 1 heterocycles. The SMILES string of the molecule is CCN(Cc1cccc(N)c1)S(=O)(=O)c1ccc(Br)s1. The van der Waals surface area contributed by atoms with Gasteiger partial charge in [-0.05, 0) is 45.8 Å². The molecule has 0 bridgehead atoms. The molecule has 1 aromatic carbocycles. The molecule has 2 N–H and O–H groups in total. The lowest BCUT2D eigenvalue weighted by Crippen LogP contribution is -2.29. The van der Waals surface area contributed by atoms with Gasteiger partial charge in [-0.15, -0.1) is 11.3 Å². The fourth-order valence-corrected chi connectivity index (χ4v) is 5.43. The zero-order valence-corrected chi connectivity index (χ0v) is 14.1. The summed E-state index contributed by atoms with van der Waals surface area (Å²) in [5.74, 6) is 0. The lowest BCUT2D eigenvalue weighted by atomic mass is 10.2. The summed E-state index contributed by atoms with van der Waals surface area (Å²) < 4.78 is 27.7. The maximum Gasteiger partial charge on any atom is 0.252 e. The van der Waals surface area contributed by atoms with Crippen molar-refractivity contribution in [2.75, 3.05) is 12.3 Å². The minimum absolute atomic E-state index is 0.319. The molecule has 0 unspecified atom stereocenters. The van der Waals surface area contributed by atoms with Gasteiger partial charge in [-0.3, -0.25) is 0 Å². The molecular formula is C13H15BrN2O2S2. The molecule has 20 heavy (non-hydrogen) atoms. The molecule has 108 valence electrons. The maximum absolute atomic E-state index is 12.6. The van der Waals surface area contributed by atoms with Gasteiger partial charge in [0, 0.05) is 18.8 Å². The van der Waals surface area contributed by atoms with Crippen LogP contribution in [0.25, 0.3) is 0 Å². The Labute approximate surface area is 131 Å². The Balaban J connectivity index is 2.28. The first-order valence-corrected chi connectivity index (χ1v) is 9.08. The van der Waals surface area contributed by atoms with Crippen molar-refractivity contribution in [1.29, 1.82) is 0 Å². The van der Waals surface area contributed by atoms with Crippen LogP contribution in [0, 0.1) is 0 Å². The van der Waals surface area contributed by atoms with E-state index in [1.807, 2.05) is 19.1 Å². The number of nitrogens with zero attached hydrogens (tertiary/aromatic N) is 1. The van der Waals surface area contributed by atoms with Crippen LogP contribution in [-0.2, 0) is 16.6 Å². The summed E-state index contributed by atoms with van der Waals surface area (Å²) in [5.41, 5.74) is 7.24. The summed E-state index contributed by atoms with van der Waals surface area (Å²) in [6.45, 7) is 2.55. The van der Waals surface area contributed by atoms with Gasteiger partial charge >= 0.3 is 0 Å². The molecule has 2 rings (SSSR count). The van der Waals surface area contributed by atoms with E-state index < -0.39 is 10.0 Å². The Hall–Kier alpha value is -0.890. The van der Waals surface area contributed by atoms with Gasteiger partial charge in [0.2, 0.25) is 0 Å². The molecule has 1 aromatic heterocycles. The third-order valence-corrected chi connectivity index (χ3v) is 6.82. The highest BCUT2D eigenvalue weighted by molar-refractivity contribution is 9.11. The summed E-state index contributed by atoms with van der Waals surface area (Å²) in [6.07, 6.45) is 0. The lowest BCUT2D eigenvalue weighted by molar-refractivity contribution is 0.425. The number of halogens is 1. The highest BCUT2D eigenvalue weighted by Crippen LogP contribution is 2.29. The predicted molar refractivity (Wildman–Crippen MR) is 86.1 cm³/mol. The smallest absolute Gasteiger partial charge is 0.252 e. The van der Waals surface area contributed by atoms with Crippen LogP contribution in [0.4, 0.5) is 5.69 Å². The summed E-state index contributed by atoms with van der Waals surface area (Å²) in [5, 5.41) is 0. The van der Waals surface area contributed by atoms with Gasteiger partial charge in [0.1, 0.15) is 4.21 Å². The van der Waals surface area contributed by atoms with Gasteiger partial charge in [0.15, 0.2) is 0 Å². The van der Waals surface area contributed by atoms with Crippen molar-refractivity contribution in [3.63, 3.8) is 0 Å². The number of hydrogen-bond donors (Lipinski definition) is 1. The van der Waals surface area contributed by atoms with Crippen LogP contribution >= 0.6 is 27.3 Å². The topological polar surface area (TPSA) is 63.4 Å². The Morgan fingerprint density at radius 3 is 2.60 bits per heavy atom. The summed E-state index contributed by atoms with van der Waals surface area (Å²) in [6, 6.07) is 10.6. The Morgan fingerprint density at radius 2 is 2.05 bits per heavy atom. The fraction of sp³-hybridized carbons (Fsp3) is 0.231. The van der Waals surface area contributed by atoms with Gasteiger partial charge in [-0.25, -0.2) is 8.42 Å². The Morgan fingerprint density at radius 1 is 1.30 bits per heavy atom. The first-order valence-electron chi connectivity index (χ1n) is 6.03. The second-order valence-electron chi connectivity index (χ2n) is 4.23. The van der Waals surface area contributed by atoms with Crippen LogP contribution < -0.4 is 5.73 Å². The number of sulfonamides is 1. The standard InChI is InChI=1S/C13H15BrN2O2S2/c1-2-16(9-10-4-3-5-11(15)8-10)20(17,18)13-7-6-12(14)19-13/h3-8H,2,9,15H2,1H3. The van der Waals surface area contributed by atoms with Crippen LogP contribution in [0.15, 0.2) is 44.4 Å². The molecule has 2 aromatic rings. The molecule has 0 aliphatic rings. The van der Waals surface area contributed by atoms with E-state index in [0.717, 1.165) is 9.35 Å². The molecule has 0 radical (unpaired) electrons. The van der Waals surface area contributed by atoms with Gasteiger partial charge in [-0.1, -0.05) is 19.1 Å². The average molecular weight is 375 g/mol. The van der Waals surface area contributed by atoms with Crippen LogP contribution in [0.1, 0.15) is 12.5 Å². The predicted octanol–water partition coefficient (Wildman–Crippen LogP) is 3.30. The van der Waals surface area contributed by atoms with Crippen molar-refractivity contribution in [3.8, 4) is 0 Å². The molecule has 0 aliphatic heterocycles. The third kappa shape index (κ3) is 3.41. The summed E-state index contributed by atoms with van der Waals surface area (Å²) in [4.78, 5) is 0. The Bertz CT molecular complexity index is 698. The zero-order valence-electron chi connectivity index (χ0n) is 10.9. The van der Waals surface area contributed by atoms with Crippen LogP contribution in [0.5, 0.6) is 0 Å². The fourth-order valence-electron chi connectivity index (χ4n) is 1.83. The van der Waals surface area contributed by atoms with E-state index in [0.29, 0.717) is 23.0 Å². The van der Waals surface area contributed by atoms with E-state index >= 15 is 0 Å². The van der Waals surface area contributed by atoms with E-state index in [-0.39, 0.29) is 0 Å². The van der Waals surface area contributed by atoms with Gasteiger partial charge < -0.3 is 5.73 Å². The number of rotatable bonds is 5. The molecule has 0 fully saturated rings. The first kappa shape index (κ1) is 15.5. The lowest BCUT2D eigenvalue weighted by Gasteiger charge is -2.19.